The Morgan fingerprint density at radius 2 is 2.05 bits per heavy atom. The number of hydrogen-bond donors (Lipinski definition) is 0. The molecule has 0 amide bonds. The van der Waals surface area contributed by atoms with Gasteiger partial charge in [0.1, 0.15) is 0 Å². The summed E-state index contributed by atoms with van der Waals surface area (Å²) in [7, 11) is -0.300. The van der Waals surface area contributed by atoms with Crippen LogP contribution in [0.15, 0.2) is 40.0 Å². The third-order valence-electron chi connectivity index (χ3n) is 2.83. The first-order valence-electron chi connectivity index (χ1n) is 5.56. The van der Waals surface area contributed by atoms with Crippen molar-refractivity contribution in [3.05, 3.63) is 40.6 Å². The molecule has 2 aromatic rings. The highest BCUT2D eigenvalue weighted by Crippen LogP contribution is 2.25. The van der Waals surface area contributed by atoms with Crippen LogP contribution in [0.4, 0.5) is 5.69 Å². The summed E-state index contributed by atoms with van der Waals surface area (Å²) >= 11 is 3.33. The topological polar surface area (TPSA) is 55.2 Å². The molecular formula is C12H14BrN3O2S. The van der Waals surface area contributed by atoms with Gasteiger partial charge in [0.2, 0.25) is 0 Å². The molecule has 2 rings (SSSR count). The van der Waals surface area contributed by atoms with Gasteiger partial charge in [0.25, 0.3) is 10.0 Å². The minimum absolute atomic E-state index is 0.294. The van der Waals surface area contributed by atoms with Gasteiger partial charge >= 0.3 is 0 Å². The average molecular weight is 344 g/mol. The van der Waals surface area contributed by atoms with E-state index in [1.807, 2.05) is 0 Å². The third-order valence-corrected chi connectivity index (χ3v) is 5.27. The van der Waals surface area contributed by atoms with Crippen molar-refractivity contribution in [2.24, 2.45) is 7.05 Å². The van der Waals surface area contributed by atoms with Crippen molar-refractivity contribution in [1.82, 2.24) is 9.78 Å². The highest BCUT2D eigenvalue weighted by molar-refractivity contribution is 9.10. The van der Waals surface area contributed by atoms with Gasteiger partial charge in [-0.2, -0.15) is 5.10 Å². The van der Waals surface area contributed by atoms with E-state index in [9.17, 15) is 8.42 Å². The normalized spacial score (nSPS) is 11.6. The number of benzene rings is 1. The molecular weight excluding hydrogens is 330 g/mol. The Balaban J connectivity index is 2.47. The molecule has 102 valence electrons. The third kappa shape index (κ3) is 2.66. The zero-order valence-electron chi connectivity index (χ0n) is 10.8. The van der Waals surface area contributed by atoms with Crippen molar-refractivity contribution >= 4 is 31.6 Å². The molecule has 1 aromatic heterocycles. The molecule has 0 unspecified atom stereocenters. The zero-order valence-corrected chi connectivity index (χ0v) is 13.2. The molecule has 0 atom stereocenters. The van der Waals surface area contributed by atoms with Gasteiger partial charge in [0.05, 0.1) is 16.8 Å². The van der Waals surface area contributed by atoms with Crippen molar-refractivity contribution in [2.45, 2.75) is 11.8 Å². The van der Waals surface area contributed by atoms with E-state index < -0.39 is 10.0 Å². The second-order valence-corrected chi connectivity index (χ2v) is 7.11. The Hall–Kier alpha value is -1.34. The number of rotatable bonds is 3. The highest BCUT2D eigenvalue weighted by Gasteiger charge is 2.24. The summed E-state index contributed by atoms with van der Waals surface area (Å²) in [5, 5.41) is 3.98. The quantitative estimate of drug-likeness (QED) is 0.859. The Kier molecular flexibility index (Phi) is 3.69. The van der Waals surface area contributed by atoms with Crippen LogP contribution in [0.3, 0.4) is 0 Å². The van der Waals surface area contributed by atoms with Crippen molar-refractivity contribution in [1.29, 1.82) is 0 Å². The molecule has 0 aliphatic rings. The maximum Gasteiger partial charge on any atom is 0.264 e. The summed E-state index contributed by atoms with van der Waals surface area (Å²) in [6, 6.07) is 5.10. The lowest BCUT2D eigenvalue weighted by atomic mass is 10.2. The standard InChI is InChI=1S/C12H14BrN3O2S/c1-9-6-10(13)4-5-12(9)19(17,18)16(3)11-7-14-15(2)8-11/h4-8H,1-3H3. The summed E-state index contributed by atoms with van der Waals surface area (Å²) in [6.07, 6.45) is 3.18. The molecule has 0 N–H and O–H groups in total. The summed E-state index contributed by atoms with van der Waals surface area (Å²) in [6.45, 7) is 1.77. The van der Waals surface area contributed by atoms with Crippen molar-refractivity contribution in [3.8, 4) is 0 Å². The fraction of sp³-hybridized carbons (Fsp3) is 0.250. The number of sulfonamides is 1. The van der Waals surface area contributed by atoms with Crippen LogP contribution in [0, 0.1) is 6.92 Å². The molecule has 0 aliphatic carbocycles. The Labute approximate surface area is 121 Å². The molecule has 0 spiro atoms. The van der Waals surface area contributed by atoms with Crippen molar-refractivity contribution in [3.63, 3.8) is 0 Å². The zero-order chi connectivity index (χ0) is 14.2. The molecule has 0 bridgehead atoms. The lowest BCUT2D eigenvalue weighted by Crippen LogP contribution is -2.26. The molecule has 0 saturated heterocycles. The smallest absolute Gasteiger partial charge is 0.264 e. The molecule has 0 radical (unpaired) electrons. The van der Waals surface area contributed by atoms with Crippen LogP contribution in [0.1, 0.15) is 5.56 Å². The van der Waals surface area contributed by atoms with E-state index in [2.05, 4.69) is 21.0 Å². The van der Waals surface area contributed by atoms with E-state index in [-0.39, 0.29) is 0 Å². The lowest BCUT2D eigenvalue weighted by molar-refractivity contribution is 0.593. The largest absolute Gasteiger partial charge is 0.274 e. The number of anilines is 1. The number of halogens is 1. The highest BCUT2D eigenvalue weighted by atomic mass is 79.9. The Bertz CT molecular complexity index is 710. The molecule has 0 aliphatic heterocycles. The van der Waals surface area contributed by atoms with Gasteiger partial charge in [0.15, 0.2) is 0 Å². The number of aryl methyl sites for hydroxylation is 2. The molecule has 0 saturated carbocycles. The average Bonchev–Trinajstić information content (AvgIpc) is 2.74. The van der Waals surface area contributed by atoms with E-state index in [0.29, 0.717) is 16.1 Å². The fourth-order valence-corrected chi connectivity index (χ4v) is 3.61. The second-order valence-electron chi connectivity index (χ2n) is 4.25. The summed E-state index contributed by atoms with van der Waals surface area (Å²) in [4.78, 5) is 0.294. The van der Waals surface area contributed by atoms with E-state index in [1.54, 1.807) is 43.0 Å². The predicted octanol–water partition coefficient (Wildman–Crippen LogP) is 2.32. The van der Waals surface area contributed by atoms with Crippen molar-refractivity contribution < 1.29 is 8.42 Å². The maximum absolute atomic E-state index is 12.5. The minimum Gasteiger partial charge on any atom is -0.274 e. The summed E-state index contributed by atoms with van der Waals surface area (Å²) in [5.41, 5.74) is 1.23. The first kappa shape index (κ1) is 14.1. The van der Waals surface area contributed by atoms with E-state index in [1.165, 1.54) is 17.5 Å². The molecule has 0 fully saturated rings. The lowest BCUT2D eigenvalue weighted by Gasteiger charge is -2.18. The van der Waals surface area contributed by atoms with Crippen molar-refractivity contribution in [2.75, 3.05) is 11.4 Å². The summed E-state index contributed by atoms with van der Waals surface area (Å²) < 4.78 is 28.7. The van der Waals surface area contributed by atoms with E-state index in [4.69, 9.17) is 0 Å². The van der Waals surface area contributed by atoms with E-state index >= 15 is 0 Å². The van der Waals surface area contributed by atoms with Crippen LogP contribution in [-0.4, -0.2) is 25.2 Å². The first-order chi connectivity index (χ1) is 8.82. The first-order valence-corrected chi connectivity index (χ1v) is 7.79. The molecule has 7 heteroatoms. The molecule has 5 nitrogen and oxygen atoms in total. The summed E-state index contributed by atoms with van der Waals surface area (Å²) in [5.74, 6) is 0. The Morgan fingerprint density at radius 3 is 2.58 bits per heavy atom. The van der Waals surface area contributed by atoms with Gasteiger partial charge in [-0.05, 0) is 30.7 Å². The van der Waals surface area contributed by atoms with Gasteiger partial charge in [-0.25, -0.2) is 8.42 Å². The van der Waals surface area contributed by atoms with E-state index in [0.717, 1.165) is 4.47 Å². The number of hydrogen-bond acceptors (Lipinski definition) is 3. The van der Waals surface area contributed by atoms with Crippen LogP contribution in [0.25, 0.3) is 0 Å². The number of aromatic nitrogens is 2. The monoisotopic (exact) mass is 343 g/mol. The molecule has 1 heterocycles. The SMILES string of the molecule is Cc1cc(Br)ccc1S(=O)(=O)N(C)c1cnn(C)c1. The van der Waals surface area contributed by atoms with Gasteiger partial charge in [-0.1, -0.05) is 15.9 Å². The molecule has 19 heavy (non-hydrogen) atoms. The minimum atomic E-state index is -3.57. The predicted molar refractivity (Wildman–Crippen MR) is 77.7 cm³/mol. The number of nitrogens with zero attached hydrogens (tertiary/aromatic N) is 3. The second kappa shape index (κ2) is 4.97. The Morgan fingerprint density at radius 1 is 1.37 bits per heavy atom. The van der Waals surface area contributed by atoms with Gasteiger partial charge in [0, 0.05) is 24.8 Å². The van der Waals surface area contributed by atoms with Crippen LogP contribution in [0.5, 0.6) is 0 Å². The van der Waals surface area contributed by atoms with Gasteiger partial charge < -0.3 is 0 Å². The maximum atomic E-state index is 12.5. The van der Waals surface area contributed by atoms with Crippen LogP contribution >= 0.6 is 15.9 Å². The van der Waals surface area contributed by atoms with Crippen LogP contribution < -0.4 is 4.31 Å². The molecule has 1 aromatic carbocycles. The van der Waals surface area contributed by atoms with Crippen LogP contribution in [-0.2, 0) is 17.1 Å². The fourth-order valence-electron chi connectivity index (χ4n) is 1.76. The van der Waals surface area contributed by atoms with Gasteiger partial charge in [-0.3, -0.25) is 8.99 Å². The van der Waals surface area contributed by atoms with Gasteiger partial charge in [-0.15, -0.1) is 0 Å². The van der Waals surface area contributed by atoms with Crippen LogP contribution in [0.2, 0.25) is 0 Å².